The SMILES string of the molecule is O=C(O)C(Cl)COc1ccc([N+](=O)[O-])c(F)c1. The first-order valence-corrected chi connectivity index (χ1v) is 4.79. The molecule has 92 valence electrons. The zero-order chi connectivity index (χ0) is 13.0. The lowest BCUT2D eigenvalue weighted by atomic mass is 10.3. The number of halogens is 2. The predicted molar refractivity (Wildman–Crippen MR) is 55.8 cm³/mol. The molecule has 6 nitrogen and oxygen atoms in total. The second-order valence-electron chi connectivity index (χ2n) is 2.99. The Hall–Kier alpha value is -1.89. The Labute approximate surface area is 99.7 Å². The molecule has 0 bridgehead atoms. The Morgan fingerprint density at radius 3 is 2.76 bits per heavy atom. The summed E-state index contributed by atoms with van der Waals surface area (Å²) < 4.78 is 18.0. The molecule has 0 radical (unpaired) electrons. The van der Waals surface area contributed by atoms with Crippen LogP contribution in [-0.4, -0.2) is 28.0 Å². The lowest BCUT2D eigenvalue weighted by molar-refractivity contribution is -0.387. The van der Waals surface area contributed by atoms with E-state index >= 15 is 0 Å². The van der Waals surface area contributed by atoms with Crippen molar-refractivity contribution in [2.75, 3.05) is 6.61 Å². The molecule has 0 saturated carbocycles. The van der Waals surface area contributed by atoms with E-state index in [0.717, 1.165) is 18.2 Å². The molecular formula is C9H7ClFNO5. The maximum absolute atomic E-state index is 13.1. The molecule has 0 aromatic heterocycles. The maximum Gasteiger partial charge on any atom is 0.325 e. The third-order valence-electron chi connectivity index (χ3n) is 1.78. The summed E-state index contributed by atoms with van der Waals surface area (Å²) >= 11 is 5.36. The maximum atomic E-state index is 13.1. The Bertz CT molecular complexity index is 453. The number of ether oxygens (including phenoxy) is 1. The smallest absolute Gasteiger partial charge is 0.325 e. The Morgan fingerprint density at radius 2 is 2.29 bits per heavy atom. The van der Waals surface area contributed by atoms with Crippen LogP contribution in [-0.2, 0) is 4.79 Å². The molecule has 8 heteroatoms. The van der Waals surface area contributed by atoms with Gasteiger partial charge in [0.2, 0.25) is 5.82 Å². The highest BCUT2D eigenvalue weighted by atomic mass is 35.5. The van der Waals surface area contributed by atoms with Gasteiger partial charge >= 0.3 is 11.7 Å². The lowest BCUT2D eigenvalue weighted by Gasteiger charge is -2.07. The second-order valence-corrected chi connectivity index (χ2v) is 3.51. The predicted octanol–water partition coefficient (Wildman–Crippen LogP) is 1.80. The quantitative estimate of drug-likeness (QED) is 0.497. The summed E-state index contributed by atoms with van der Waals surface area (Å²) in [6.07, 6.45) is 0. The number of rotatable bonds is 5. The van der Waals surface area contributed by atoms with Crippen LogP contribution in [0.25, 0.3) is 0 Å². The van der Waals surface area contributed by atoms with E-state index in [-0.39, 0.29) is 12.4 Å². The number of carbonyl (C=O) groups is 1. The van der Waals surface area contributed by atoms with Gasteiger partial charge in [0.15, 0.2) is 5.38 Å². The number of nitro groups is 1. The van der Waals surface area contributed by atoms with Gasteiger partial charge in [-0.2, -0.15) is 4.39 Å². The van der Waals surface area contributed by atoms with Crippen molar-refractivity contribution in [3.8, 4) is 5.75 Å². The Morgan fingerprint density at radius 1 is 1.65 bits per heavy atom. The van der Waals surface area contributed by atoms with E-state index in [4.69, 9.17) is 21.4 Å². The van der Waals surface area contributed by atoms with Crippen molar-refractivity contribution < 1.29 is 24.0 Å². The lowest BCUT2D eigenvalue weighted by Crippen LogP contribution is -2.21. The highest BCUT2D eigenvalue weighted by molar-refractivity contribution is 6.29. The molecule has 1 N–H and O–H groups in total. The van der Waals surface area contributed by atoms with Gasteiger partial charge in [-0.1, -0.05) is 0 Å². The van der Waals surface area contributed by atoms with E-state index in [2.05, 4.69) is 0 Å². The molecule has 0 saturated heterocycles. The largest absolute Gasteiger partial charge is 0.491 e. The summed E-state index contributed by atoms with van der Waals surface area (Å²) in [5, 5.41) is 17.5. The topological polar surface area (TPSA) is 89.7 Å². The van der Waals surface area contributed by atoms with Crippen LogP contribution >= 0.6 is 11.6 Å². The van der Waals surface area contributed by atoms with Gasteiger partial charge in [-0.3, -0.25) is 14.9 Å². The van der Waals surface area contributed by atoms with Gasteiger partial charge in [-0.05, 0) is 6.07 Å². The minimum atomic E-state index is -1.27. The van der Waals surface area contributed by atoms with Crippen molar-refractivity contribution in [2.24, 2.45) is 0 Å². The summed E-state index contributed by atoms with van der Waals surface area (Å²) in [7, 11) is 0. The van der Waals surface area contributed by atoms with E-state index in [1.807, 2.05) is 0 Å². The molecule has 0 heterocycles. The zero-order valence-electron chi connectivity index (χ0n) is 8.30. The third kappa shape index (κ3) is 3.56. The molecule has 1 unspecified atom stereocenters. The first-order chi connectivity index (χ1) is 7.91. The van der Waals surface area contributed by atoms with Crippen LogP contribution < -0.4 is 4.74 Å². The fourth-order valence-electron chi connectivity index (χ4n) is 0.966. The normalized spacial score (nSPS) is 11.9. The average molecular weight is 264 g/mol. The Kier molecular flexibility index (Phi) is 4.22. The summed E-state index contributed by atoms with van der Waals surface area (Å²) in [6.45, 7) is -0.367. The number of alkyl halides is 1. The first-order valence-electron chi connectivity index (χ1n) is 4.35. The van der Waals surface area contributed by atoms with E-state index < -0.39 is 27.8 Å². The minimum Gasteiger partial charge on any atom is -0.491 e. The van der Waals surface area contributed by atoms with Crippen molar-refractivity contribution in [1.82, 2.24) is 0 Å². The van der Waals surface area contributed by atoms with Crippen LogP contribution in [0.2, 0.25) is 0 Å². The van der Waals surface area contributed by atoms with Crippen LogP contribution in [0, 0.1) is 15.9 Å². The molecule has 0 aliphatic heterocycles. The van der Waals surface area contributed by atoms with E-state index in [0.29, 0.717) is 0 Å². The van der Waals surface area contributed by atoms with Crippen molar-refractivity contribution in [3.63, 3.8) is 0 Å². The molecule has 0 fully saturated rings. The monoisotopic (exact) mass is 263 g/mol. The summed E-state index contributed by atoms with van der Waals surface area (Å²) in [5.74, 6) is -2.36. The zero-order valence-corrected chi connectivity index (χ0v) is 9.06. The fourth-order valence-corrected chi connectivity index (χ4v) is 1.03. The van der Waals surface area contributed by atoms with Gasteiger partial charge in [0.25, 0.3) is 0 Å². The molecule has 1 atom stereocenters. The molecule has 0 aliphatic rings. The number of carboxylic acids is 1. The number of hydrogen-bond acceptors (Lipinski definition) is 4. The van der Waals surface area contributed by atoms with Gasteiger partial charge in [0, 0.05) is 12.1 Å². The van der Waals surface area contributed by atoms with Gasteiger partial charge in [-0.25, -0.2) is 0 Å². The summed E-state index contributed by atoms with van der Waals surface area (Å²) in [4.78, 5) is 19.8. The van der Waals surface area contributed by atoms with Crippen LogP contribution in [0.15, 0.2) is 18.2 Å². The average Bonchev–Trinajstić information content (AvgIpc) is 2.25. The molecule has 1 aromatic carbocycles. The number of benzene rings is 1. The molecule has 1 aromatic rings. The molecule has 0 aliphatic carbocycles. The number of hydrogen-bond donors (Lipinski definition) is 1. The van der Waals surface area contributed by atoms with Gasteiger partial charge in [0.05, 0.1) is 4.92 Å². The number of aliphatic carboxylic acids is 1. The number of carboxylic acid groups (broad SMARTS) is 1. The second kappa shape index (κ2) is 5.44. The molecule has 0 spiro atoms. The van der Waals surface area contributed by atoms with E-state index in [1.165, 1.54) is 0 Å². The molecule has 0 amide bonds. The van der Waals surface area contributed by atoms with Crippen LogP contribution in [0.1, 0.15) is 0 Å². The molecule has 1 rings (SSSR count). The van der Waals surface area contributed by atoms with Gasteiger partial charge in [0.1, 0.15) is 12.4 Å². The highest BCUT2D eigenvalue weighted by Gasteiger charge is 2.17. The first kappa shape index (κ1) is 13.2. The summed E-state index contributed by atoms with van der Waals surface area (Å²) in [5.41, 5.74) is -0.682. The van der Waals surface area contributed by atoms with Crippen molar-refractivity contribution in [2.45, 2.75) is 5.38 Å². The van der Waals surface area contributed by atoms with Crippen LogP contribution in [0.4, 0.5) is 10.1 Å². The van der Waals surface area contributed by atoms with Crippen molar-refractivity contribution in [3.05, 3.63) is 34.1 Å². The fraction of sp³-hybridized carbons (Fsp3) is 0.222. The van der Waals surface area contributed by atoms with Crippen molar-refractivity contribution in [1.29, 1.82) is 0 Å². The Balaban J connectivity index is 2.71. The van der Waals surface area contributed by atoms with E-state index in [1.54, 1.807) is 0 Å². The minimum absolute atomic E-state index is 0.0278. The standard InChI is InChI=1S/C9H7ClFNO5/c10-6(9(13)14)4-17-5-1-2-8(12(15)16)7(11)3-5/h1-3,6H,4H2,(H,13,14). The number of nitrogens with zero attached hydrogens (tertiary/aromatic N) is 1. The van der Waals surface area contributed by atoms with Crippen LogP contribution in [0.3, 0.4) is 0 Å². The summed E-state index contributed by atoms with van der Waals surface area (Å²) in [6, 6.07) is 2.88. The van der Waals surface area contributed by atoms with Crippen LogP contribution in [0.5, 0.6) is 5.75 Å². The van der Waals surface area contributed by atoms with Gasteiger partial charge in [-0.15, -0.1) is 11.6 Å². The molecular weight excluding hydrogens is 257 g/mol. The van der Waals surface area contributed by atoms with Gasteiger partial charge < -0.3 is 9.84 Å². The number of nitro benzene ring substituents is 1. The molecule has 17 heavy (non-hydrogen) atoms. The third-order valence-corrected chi connectivity index (χ3v) is 2.09. The van der Waals surface area contributed by atoms with E-state index in [9.17, 15) is 19.3 Å². The highest BCUT2D eigenvalue weighted by Crippen LogP contribution is 2.22. The van der Waals surface area contributed by atoms with Crippen molar-refractivity contribution >= 4 is 23.3 Å².